The van der Waals surface area contributed by atoms with Crippen molar-refractivity contribution in [3.63, 3.8) is 0 Å². The summed E-state index contributed by atoms with van der Waals surface area (Å²) >= 11 is 6.65. The number of piperazine rings is 1. The van der Waals surface area contributed by atoms with Gasteiger partial charge in [-0.2, -0.15) is 5.10 Å². The molecule has 2 fully saturated rings. The minimum absolute atomic E-state index is 0.411. The summed E-state index contributed by atoms with van der Waals surface area (Å²) in [5.74, 6) is -0.829. The van der Waals surface area contributed by atoms with Crippen LogP contribution >= 0.6 is 11.6 Å². The fraction of sp³-hybridized carbons (Fsp3) is 0.500. The average Bonchev–Trinajstić information content (AvgIpc) is 3.07. The lowest BCUT2D eigenvalue weighted by atomic mass is 10.2. The van der Waals surface area contributed by atoms with Gasteiger partial charge >= 0.3 is 11.8 Å². The number of morpholine rings is 1. The van der Waals surface area contributed by atoms with Crippen LogP contribution in [0.4, 0.5) is 0 Å². The zero-order valence-corrected chi connectivity index (χ0v) is 18.6. The van der Waals surface area contributed by atoms with Crippen molar-refractivity contribution in [3.8, 4) is 0 Å². The van der Waals surface area contributed by atoms with E-state index >= 15 is 0 Å². The Balaban J connectivity index is 1.32. The third-order valence-corrected chi connectivity index (χ3v) is 6.30. The molecule has 0 atom stereocenters. The van der Waals surface area contributed by atoms with Crippen molar-refractivity contribution in [2.45, 2.75) is 20.0 Å². The molecule has 1 aromatic carbocycles. The Morgan fingerprint density at radius 1 is 0.935 bits per heavy atom. The molecule has 0 aliphatic carbocycles. The van der Waals surface area contributed by atoms with Gasteiger partial charge in [-0.05, 0) is 12.5 Å². The Morgan fingerprint density at radius 2 is 1.55 bits per heavy atom. The van der Waals surface area contributed by atoms with Crippen LogP contribution in [0.5, 0.6) is 0 Å². The highest BCUT2D eigenvalue weighted by Crippen LogP contribution is 2.23. The van der Waals surface area contributed by atoms with Crippen molar-refractivity contribution in [2.24, 2.45) is 0 Å². The molecule has 3 heterocycles. The molecule has 0 unspecified atom stereocenters. The van der Waals surface area contributed by atoms with Crippen LogP contribution in [0, 0.1) is 6.92 Å². The van der Waals surface area contributed by atoms with Gasteiger partial charge in [-0.25, -0.2) is 4.68 Å². The Kier molecular flexibility index (Phi) is 6.89. The number of hydrogen-bond donors (Lipinski definition) is 0. The lowest BCUT2D eigenvalue weighted by molar-refractivity contribution is -0.155. The monoisotopic (exact) mass is 445 g/mol. The third-order valence-electron chi connectivity index (χ3n) is 5.88. The third kappa shape index (κ3) is 5.08. The van der Waals surface area contributed by atoms with Crippen molar-refractivity contribution in [1.82, 2.24) is 24.5 Å². The van der Waals surface area contributed by atoms with Gasteiger partial charge in [-0.1, -0.05) is 41.9 Å². The molecule has 2 aliphatic rings. The maximum Gasteiger partial charge on any atom is 0.312 e. The summed E-state index contributed by atoms with van der Waals surface area (Å²) in [7, 11) is 0. The fourth-order valence-corrected chi connectivity index (χ4v) is 4.29. The number of hydrogen-bond acceptors (Lipinski definition) is 5. The first kappa shape index (κ1) is 21.8. The second-order valence-electron chi connectivity index (χ2n) is 7.97. The molecule has 31 heavy (non-hydrogen) atoms. The number of aromatic nitrogens is 2. The van der Waals surface area contributed by atoms with Crippen molar-refractivity contribution >= 4 is 23.4 Å². The van der Waals surface area contributed by atoms with Crippen molar-refractivity contribution in [1.29, 1.82) is 0 Å². The highest BCUT2D eigenvalue weighted by molar-refractivity contribution is 6.35. The van der Waals surface area contributed by atoms with Crippen molar-refractivity contribution in [3.05, 3.63) is 52.3 Å². The Morgan fingerprint density at radius 3 is 2.19 bits per heavy atom. The SMILES string of the molecule is Cc1nn(Cc2ccccc2)c(Cl)c1CN1CCN(C(=O)C(=O)N2CCOCC2)CC1. The number of carbonyl (C=O) groups is 2. The first-order chi connectivity index (χ1) is 15.0. The highest BCUT2D eigenvalue weighted by Gasteiger charge is 2.30. The number of ether oxygens (including phenoxy) is 1. The largest absolute Gasteiger partial charge is 0.378 e. The molecule has 2 aliphatic heterocycles. The van der Waals surface area contributed by atoms with Crippen LogP contribution in [0.15, 0.2) is 30.3 Å². The van der Waals surface area contributed by atoms with Crippen LogP contribution in [0.2, 0.25) is 5.15 Å². The standard InChI is InChI=1S/C22H28ClN5O3/c1-17-19(20(23)28(24-17)15-18-5-3-2-4-6-18)16-25-7-9-26(10-8-25)21(29)22(30)27-11-13-31-14-12-27/h2-6H,7-16H2,1H3. The zero-order valence-electron chi connectivity index (χ0n) is 17.8. The fourth-order valence-electron chi connectivity index (χ4n) is 4.00. The Labute approximate surface area is 187 Å². The molecule has 0 saturated carbocycles. The van der Waals surface area contributed by atoms with Gasteiger partial charge in [-0.15, -0.1) is 0 Å². The van der Waals surface area contributed by atoms with Crippen molar-refractivity contribution in [2.75, 3.05) is 52.5 Å². The second kappa shape index (κ2) is 9.80. The number of aryl methyl sites for hydroxylation is 1. The zero-order chi connectivity index (χ0) is 21.8. The first-order valence-electron chi connectivity index (χ1n) is 10.7. The van der Waals surface area contributed by atoms with Crippen LogP contribution in [0.1, 0.15) is 16.8 Å². The maximum absolute atomic E-state index is 12.6. The van der Waals surface area contributed by atoms with Crippen molar-refractivity contribution < 1.29 is 14.3 Å². The average molecular weight is 446 g/mol. The van der Waals surface area contributed by atoms with Crippen LogP contribution < -0.4 is 0 Å². The summed E-state index contributed by atoms with van der Waals surface area (Å²) in [5.41, 5.74) is 3.08. The van der Waals surface area contributed by atoms with E-state index in [-0.39, 0.29) is 0 Å². The van der Waals surface area contributed by atoms with E-state index in [2.05, 4.69) is 22.1 Å². The number of halogens is 1. The summed E-state index contributed by atoms with van der Waals surface area (Å²) < 4.78 is 7.09. The number of nitrogens with zero attached hydrogens (tertiary/aromatic N) is 5. The number of benzene rings is 1. The van der Waals surface area contributed by atoms with E-state index in [9.17, 15) is 9.59 Å². The summed E-state index contributed by atoms with van der Waals surface area (Å²) in [5, 5.41) is 5.28. The second-order valence-corrected chi connectivity index (χ2v) is 8.33. The lowest BCUT2D eigenvalue weighted by Gasteiger charge is -2.35. The smallest absolute Gasteiger partial charge is 0.312 e. The molecule has 0 N–H and O–H groups in total. The van der Waals surface area contributed by atoms with E-state index in [1.54, 1.807) is 9.80 Å². The molecule has 2 saturated heterocycles. The molecule has 166 valence electrons. The van der Waals surface area contributed by atoms with Gasteiger partial charge < -0.3 is 14.5 Å². The summed E-state index contributed by atoms with van der Waals surface area (Å²) in [4.78, 5) is 30.5. The predicted molar refractivity (Wildman–Crippen MR) is 117 cm³/mol. The van der Waals surface area contributed by atoms with Gasteiger partial charge in [0.05, 0.1) is 25.5 Å². The van der Waals surface area contributed by atoms with Gasteiger partial charge in [0.15, 0.2) is 0 Å². The van der Waals surface area contributed by atoms with E-state index in [0.717, 1.165) is 16.8 Å². The number of carbonyl (C=O) groups excluding carboxylic acids is 2. The van der Waals surface area contributed by atoms with E-state index in [1.807, 2.05) is 29.8 Å². The van der Waals surface area contributed by atoms with Crippen LogP contribution in [-0.2, 0) is 27.4 Å². The van der Waals surface area contributed by atoms with Gasteiger partial charge in [0.25, 0.3) is 0 Å². The Bertz CT molecular complexity index is 919. The molecule has 9 heteroatoms. The molecule has 2 aromatic rings. The van der Waals surface area contributed by atoms with E-state index in [4.69, 9.17) is 16.3 Å². The normalized spacial score (nSPS) is 17.7. The molecule has 2 amide bonds. The minimum atomic E-state index is -0.419. The number of amides is 2. The van der Waals surface area contributed by atoms with Crippen LogP contribution in [0.25, 0.3) is 0 Å². The predicted octanol–water partition coefficient (Wildman–Crippen LogP) is 1.40. The topological polar surface area (TPSA) is 70.9 Å². The molecular weight excluding hydrogens is 418 g/mol. The van der Waals surface area contributed by atoms with E-state index in [0.29, 0.717) is 70.7 Å². The molecule has 8 nitrogen and oxygen atoms in total. The molecule has 4 rings (SSSR count). The number of rotatable bonds is 4. The molecule has 0 bridgehead atoms. The van der Waals surface area contributed by atoms with Gasteiger partial charge in [0, 0.05) is 51.4 Å². The minimum Gasteiger partial charge on any atom is -0.378 e. The first-order valence-corrected chi connectivity index (χ1v) is 11.0. The van der Waals surface area contributed by atoms with Crippen LogP contribution in [0.3, 0.4) is 0 Å². The highest BCUT2D eigenvalue weighted by atomic mass is 35.5. The van der Waals surface area contributed by atoms with E-state index < -0.39 is 11.8 Å². The van der Waals surface area contributed by atoms with E-state index in [1.165, 1.54) is 0 Å². The molecule has 0 spiro atoms. The molecular formula is C22H28ClN5O3. The van der Waals surface area contributed by atoms with Gasteiger partial charge in [-0.3, -0.25) is 14.5 Å². The summed E-state index contributed by atoms with van der Waals surface area (Å²) in [6, 6.07) is 10.1. The lowest BCUT2D eigenvalue weighted by Crippen LogP contribution is -2.54. The molecule has 0 radical (unpaired) electrons. The quantitative estimate of drug-likeness (QED) is 0.665. The maximum atomic E-state index is 12.6. The van der Waals surface area contributed by atoms with Crippen LogP contribution in [-0.4, -0.2) is 88.8 Å². The summed E-state index contributed by atoms with van der Waals surface area (Å²) in [6.45, 7) is 7.69. The van der Waals surface area contributed by atoms with Gasteiger partial charge in [0.2, 0.25) is 0 Å². The molecule has 1 aromatic heterocycles. The van der Waals surface area contributed by atoms with Gasteiger partial charge in [0.1, 0.15) is 5.15 Å². The Hall–Kier alpha value is -2.42. The summed E-state index contributed by atoms with van der Waals surface area (Å²) in [6.07, 6.45) is 0.